The van der Waals surface area contributed by atoms with Gasteiger partial charge in [-0.15, -0.1) is 11.6 Å². The van der Waals surface area contributed by atoms with Crippen molar-refractivity contribution in [1.82, 2.24) is 4.90 Å². The summed E-state index contributed by atoms with van der Waals surface area (Å²) < 4.78 is 0. The van der Waals surface area contributed by atoms with Crippen LogP contribution in [0.25, 0.3) is 0 Å². The van der Waals surface area contributed by atoms with Crippen LogP contribution in [0.3, 0.4) is 0 Å². The molecule has 1 saturated heterocycles. The summed E-state index contributed by atoms with van der Waals surface area (Å²) in [5.41, 5.74) is 0.495. The molecule has 1 atom stereocenters. The molecule has 1 N–H and O–H groups in total. The molecule has 0 saturated carbocycles. The van der Waals surface area contributed by atoms with Crippen LogP contribution in [0.4, 0.5) is 0 Å². The van der Waals surface area contributed by atoms with Gasteiger partial charge in [0.05, 0.1) is 5.02 Å². The van der Waals surface area contributed by atoms with E-state index in [1.54, 1.807) is 11.0 Å². The van der Waals surface area contributed by atoms with Gasteiger partial charge in [-0.05, 0) is 37.5 Å². The molecule has 3 nitrogen and oxygen atoms in total. The molecule has 1 aliphatic rings. The second kappa shape index (κ2) is 5.81. The molecule has 0 bridgehead atoms. The fraction of sp³-hybridized carbons (Fsp3) is 0.462. The molecule has 1 aromatic rings. The summed E-state index contributed by atoms with van der Waals surface area (Å²) in [7, 11) is 0. The number of carbonyl (C=O) groups is 1. The number of aromatic hydroxyl groups is 1. The van der Waals surface area contributed by atoms with Gasteiger partial charge in [0.15, 0.2) is 0 Å². The highest BCUT2D eigenvalue weighted by Crippen LogP contribution is 2.26. The van der Waals surface area contributed by atoms with Gasteiger partial charge in [-0.1, -0.05) is 11.6 Å². The number of hydrogen-bond donors (Lipinski definition) is 1. The molecular weight excluding hydrogens is 273 g/mol. The minimum atomic E-state index is -0.0674. The largest absolute Gasteiger partial charge is 0.506 e. The van der Waals surface area contributed by atoms with Crippen molar-refractivity contribution in [3.05, 3.63) is 28.8 Å². The summed E-state index contributed by atoms with van der Waals surface area (Å²) >= 11 is 11.7. The van der Waals surface area contributed by atoms with Crippen LogP contribution in [-0.4, -0.2) is 34.4 Å². The Kier molecular flexibility index (Phi) is 4.36. The zero-order valence-corrected chi connectivity index (χ0v) is 11.4. The molecule has 18 heavy (non-hydrogen) atoms. The lowest BCUT2D eigenvalue weighted by Crippen LogP contribution is -2.44. The van der Waals surface area contributed by atoms with Gasteiger partial charge in [-0.2, -0.15) is 0 Å². The van der Waals surface area contributed by atoms with Crippen LogP contribution in [-0.2, 0) is 0 Å². The first-order valence-corrected chi connectivity index (χ1v) is 6.90. The van der Waals surface area contributed by atoms with Crippen molar-refractivity contribution < 1.29 is 9.90 Å². The fourth-order valence-electron chi connectivity index (χ4n) is 2.23. The highest BCUT2D eigenvalue weighted by molar-refractivity contribution is 6.32. The number of phenolic OH excluding ortho intramolecular Hbond substituents is 1. The van der Waals surface area contributed by atoms with Crippen molar-refractivity contribution in [2.45, 2.75) is 25.3 Å². The number of amides is 1. The molecule has 1 unspecified atom stereocenters. The summed E-state index contributed by atoms with van der Waals surface area (Å²) in [6.07, 6.45) is 3.06. The lowest BCUT2D eigenvalue weighted by atomic mass is 10.0. The average molecular weight is 288 g/mol. The van der Waals surface area contributed by atoms with Gasteiger partial charge in [0.2, 0.25) is 0 Å². The predicted molar refractivity (Wildman–Crippen MR) is 72.5 cm³/mol. The second-order valence-corrected chi connectivity index (χ2v) is 5.18. The summed E-state index contributed by atoms with van der Waals surface area (Å²) in [4.78, 5) is 14.2. The summed E-state index contributed by atoms with van der Waals surface area (Å²) in [6, 6.07) is 4.62. The third-order valence-corrected chi connectivity index (χ3v) is 3.92. The van der Waals surface area contributed by atoms with Gasteiger partial charge in [-0.25, -0.2) is 0 Å². The van der Waals surface area contributed by atoms with Crippen LogP contribution in [0.15, 0.2) is 18.2 Å². The number of halogens is 2. The molecule has 1 aliphatic heterocycles. The first-order chi connectivity index (χ1) is 8.63. The SMILES string of the molecule is O=C(c1ccc(O)c(Cl)c1)N1CCCCC1CCl. The summed E-state index contributed by atoms with van der Waals surface area (Å²) in [5.74, 6) is 0.375. The van der Waals surface area contributed by atoms with Gasteiger partial charge in [0.25, 0.3) is 5.91 Å². The number of carbonyl (C=O) groups excluding carboxylic acids is 1. The molecule has 2 rings (SSSR count). The van der Waals surface area contributed by atoms with E-state index in [1.165, 1.54) is 12.1 Å². The molecule has 1 fully saturated rings. The van der Waals surface area contributed by atoms with Crippen molar-refractivity contribution in [2.24, 2.45) is 0 Å². The van der Waals surface area contributed by atoms with Crippen molar-refractivity contribution in [1.29, 1.82) is 0 Å². The van der Waals surface area contributed by atoms with Gasteiger partial charge < -0.3 is 10.0 Å². The van der Waals surface area contributed by atoms with E-state index in [0.29, 0.717) is 11.4 Å². The zero-order chi connectivity index (χ0) is 13.1. The van der Waals surface area contributed by atoms with E-state index < -0.39 is 0 Å². The monoisotopic (exact) mass is 287 g/mol. The number of hydrogen-bond acceptors (Lipinski definition) is 2. The molecule has 98 valence electrons. The van der Waals surface area contributed by atoms with Gasteiger partial charge in [0.1, 0.15) is 5.75 Å². The Balaban J connectivity index is 2.21. The van der Waals surface area contributed by atoms with Crippen LogP contribution in [0.5, 0.6) is 5.75 Å². The topological polar surface area (TPSA) is 40.5 Å². The molecule has 0 radical (unpaired) electrons. The minimum absolute atomic E-state index is 0.0132. The number of piperidine rings is 1. The molecule has 1 heterocycles. The molecule has 5 heteroatoms. The van der Waals surface area contributed by atoms with E-state index in [1.807, 2.05) is 0 Å². The Hall–Kier alpha value is -0.930. The quantitative estimate of drug-likeness (QED) is 0.848. The first kappa shape index (κ1) is 13.5. The Morgan fingerprint density at radius 1 is 1.44 bits per heavy atom. The minimum Gasteiger partial charge on any atom is -0.506 e. The average Bonchev–Trinajstić information content (AvgIpc) is 2.41. The Labute approximate surface area is 116 Å². The molecule has 1 amide bonds. The number of alkyl halides is 1. The smallest absolute Gasteiger partial charge is 0.254 e. The van der Waals surface area contributed by atoms with E-state index in [0.717, 1.165) is 25.8 Å². The van der Waals surface area contributed by atoms with Gasteiger partial charge >= 0.3 is 0 Å². The Bertz CT molecular complexity index is 451. The van der Waals surface area contributed by atoms with Crippen molar-refractivity contribution in [2.75, 3.05) is 12.4 Å². The maximum absolute atomic E-state index is 12.4. The fourth-order valence-corrected chi connectivity index (χ4v) is 2.74. The van der Waals surface area contributed by atoms with Crippen molar-refractivity contribution >= 4 is 29.1 Å². The Morgan fingerprint density at radius 3 is 2.89 bits per heavy atom. The number of rotatable bonds is 2. The molecule has 0 aliphatic carbocycles. The molecule has 0 spiro atoms. The third-order valence-electron chi connectivity index (χ3n) is 3.26. The number of phenols is 1. The number of benzene rings is 1. The van der Waals surface area contributed by atoms with E-state index in [9.17, 15) is 9.90 Å². The highest BCUT2D eigenvalue weighted by atomic mass is 35.5. The highest BCUT2D eigenvalue weighted by Gasteiger charge is 2.26. The number of nitrogens with zero attached hydrogens (tertiary/aromatic N) is 1. The molecule has 0 aromatic heterocycles. The van der Waals surface area contributed by atoms with Crippen molar-refractivity contribution in [3.8, 4) is 5.75 Å². The van der Waals surface area contributed by atoms with Crippen LogP contribution in [0.2, 0.25) is 5.02 Å². The lowest BCUT2D eigenvalue weighted by Gasteiger charge is -2.34. The Morgan fingerprint density at radius 2 is 2.22 bits per heavy atom. The second-order valence-electron chi connectivity index (χ2n) is 4.47. The summed E-state index contributed by atoms with van der Waals surface area (Å²) in [5, 5.41) is 9.55. The van der Waals surface area contributed by atoms with E-state index in [2.05, 4.69) is 0 Å². The zero-order valence-electron chi connectivity index (χ0n) is 9.90. The van der Waals surface area contributed by atoms with Crippen LogP contribution >= 0.6 is 23.2 Å². The van der Waals surface area contributed by atoms with Gasteiger partial charge in [-0.3, -0.25) is 4.79 Å². The van der Waals surface area contributed by atoms with E-state index >= 15 is 0 Å². The lowest BCUT2D eigenvalue weighted by molar-refractivity contribution is 0.0639. The van der Waals surface area contributed by atoms with E-state index in [4.69, 9.17) is 23.2 Å². The summed E-state index contributed by atoms with van der Waals surface area (Å²) in [6.45, 7) is 0.731. The van der Waals surface area contributed by atoms with Crippen molar-refractivity contribution in [3.63, 3.8) is 0 Å². The van der Waals surface area contributed by atoms with Gasteiger partial charge in [0, 0.05) is 24.0 Å². The standard InChI is InChI=1S/C13H15Cl2NO2/c14-8-10-3-1-2-6-16(10)13(18)9-4-5-12(17)11(15)7-9/h4-5,7,10,17H,1-3,6,8H2. The maximum atomic E-state index is 12.4. The first-order valence-electron chi connectivity index (χ1n) is 5.99. The van der Waals surface area contributed by atoms with Crippen LogP contribution < -0.4 is 0 Å². The molecule has 1 aromatic carbocycles. The van der Waals surface area contributed by atoms with E-state index in [-0.39, 0.29) is 22.7 Å². The molecular formula is C13H15Cl2NO2. The third kappa shape index (κ3) is 2.73. The van der Waals surface area contributed by atoms with Crippen LogP contribution in [0.1, 0.15) is 29.6 Å². The number of likely N-dealkylation sites (tertiary alicyclic amines) is 1. The maximum Gasteiger partial charge on any atom is 0.254 e. The normalized spacial score (nSPS) is 19.9. The van der Waals surface area contributed by atoms with Crippen LogP contribution in [0, 0.1) is 0 Å². The predicted octanol–water partition coefficient (Wildman–Crippen LogP) is 3.28.